The van der Waals surface area contributed by atoms with E-state index < -0.39 is 11.9 Å². The van der Waals surface area contributed by atoms with Crippen LogP contribution in [0, 0.1) is 50.1 Å². The molecule has 0 amide bonds. The molecule has 0 aliphatic carbocycles. The van der Waals surface area contributed by atoms with Gasteiger partial charge in [0, 0.05) is 55.2 Å². The molecule has 2 aromatic heterocycles. The van der Waals surface area contributed by atoms with Crippen LogP contribution in [0.25, 0.3) is 0 Å². The van der Waals surface area contributed by atoms with Crippen LogP contribution >= 0.6 is 0 Å². The number of hydrogen-bond acceptors (Lipinski definition) is 9. The predicted octanol–water partition coefficient (Wildman–Crippen LogP) is 8.58. The number of rotatable bonds is 8. The Hall–Kier alpha value is -5.58. The van der Waals surface area contributed by atoms with Crippen LogP contribution < -0.4 is 29.4 Å². The number of hydrogen-bond donors (Lipinski definition) is 0. The van der Waals surface area contributed by atoms with E-state index in [2.05, 4.69) is 139 Å². The van der Waals surface area contributed by atoms with Crippen molar-refractivity contribution in [2.75, 3.05) is 49.5 Å². The molecule has 271 valence electrons. The third-order valence-corrected chi connectivity index (χ3v) is 8.84. The maximum absolute atomic E-state index is 13.6. The number of unbranched alkanes of at least 4 members (excludes halogenated alkanes) is 1. The van der Waals surface area contributed by atoms with Crippen molar-refractivity contribution < 1.29 is 28.9 Å². The second kappa shape index (κ2) is 16.0. The molecule has 53 heavy (non-hydrogen) atoms. The summed E-state index contributed by atoms with van der Waals surface area (Å²) in [6.07, 6.45) is 5.23. The van der Waals surface area contributed by atoms with Crippen LogP contribution in [0.4, 0.5) is 60.2 Å². The largest absolute Gasteiger partial charge is 0.501 e. The standard InChI is InChI=1S/C30H26N4.C11H7F2N5.Ir/c1-3-13-25(14-4-1)33-23-31(27-17-7-9-19-29(27)33)21-11-12-22-32-24-34(26-15-5-2-6-16-26)30-20-10-8-18-28(30)32;1-17-6-18(11-10(17)14-4-5-15-11)7-2-3-8(12)16-9(7)13;/h1-10,13,15,17-20,23-24H,11-12,21-22H2;3-6H,1H3;/q-4;-2;. The molecule has 9 nitrogen and oxygen atoms in total. The average Bonchev–Trinajstić information content (AvgIpc) is 3.86. The Morgan fingerprint density at radius 2 is 1.11 bits per heavy atom. The van der Waals surface area contributed by atoms with Crippen LogP contribution in [0.15, 0.2) is 116 Å². The first-order valence-corrected chi connectivity index (χ1v) is 16.9. The number of para-hydroxylation sites is 6. The summed E-state index contributed by atoms with van der Waals surface area (Å²) in [7, 11) is 1.75. The van der Waals surface area contributed by atoms with E-state index in [1.807, 2.05) is 24.3 Å². The molecule has 0 bridgehead atoms. The molecule has 12 heteroatoms. The van der Waals surface area contributed by atoms with Gasteiger partial charge in [-0.2, -0.15) is 80.1 Å². The zero-order valence-corrected chi connectivity index (χ0v) is 31.0. The van der Waals surface area contributed by atoms with E-state index in [1.165, 1.54) is 40.0 Å². The van der Waals surface area contributed by atoms with Crippen molar-refractivity contribution in [3.05, 3.63) is 166 Å². The summed E-state index contributed by atoms with van der Waals surface area (Å²) < 4.78 is 26.4. The monoisotopic (exact) mass is 882 g/mol. The number of pyridine rings is 1. The number of aromatic nitrogens is 3. The number of benzene rings is 4. The summed E-state index contributed by atoms with van der Waals surface area (Å²) in [6, 6.07) is 43.6. The van der Waals surface area contributed by atoms with Crippen molar-refractivity contribution >= 4 is 51.4 Å². The molecule has 0 unspecified atom stereocenters. The first-order chi connectivity index (χ1) is 25.5. The Kier molecular flexibility index (Phi) is 10.8. The molecular weight excluding hydrogens is 849 g/mol. The predicted molar refractivity (Wildman–Crippen MR) is 200 cm³/mol. The van der Waals surface area contributed by atoms with Crippen molar-refractivity contribution in [1.29, 1.82) is 0 Å². The van der Waals surface area contributed by atoms with E-state index in [0.717, 1.165) is 43.4 Å². The van der Waals surface area contributed by atoms with Gasteiger partial charge < -0.3 is 34.4 Å². The number of anilines is 9. The van der Waals surface area contributed by atoms with Gasteiger partial charge in [0.2, 0.25) is 0 Å². The van der Waals surface area contributed by atoms with Gasteiger partial charge in [-0.25, -0.2) is 9.97 Å². The van der Waals surface area contributed by atoms with E-state index in [9.17, 15) is 8.78 Å². The fourth-order valence-electron chi connectivity index (χ4n) is 6.44. The second-order valence-corrected chi connectivity index (χ2v) is 12.2. The van der Waals surface area contributed by atoms with E-state index in [1.54, 1.807) is 18.6 Å². The summed E-state index contributed by atoms with van der Waals surface area (Å²) in [5.41, 5.74) is 7.06. The van der Waals surface area contributed by atoms with Crippen LogP contribution in [0.1, 0.15) is 12.8 Å². The molecule has 5 heterocycles. The smallest absolute Gasteiger partial charge is 0.144 e. The molecule has 0 saturated carbocycles. The second-order valence-electron chi connectivity index (χ2n) is 12.2. The molecule has 0 spiro atoms. The zero-order valence-electron chi connectivity index (χ0n) is 28.6. The zero-order chi connectivity index (χ0) is 35.4. The van der Waals surface area contributed by atoms with Gasteiger partial charge in [0.1, 0.15) is 17.6 Å². The van der Waals surface area contributed by atoms with Crippen LogP contribution in [0.5, 0.6) is 0 Å². The summed E-state index contributed by atoms with van der Waals surface area (Å²) in [5, 5.41) is 0. The van der Waals surface area contributed by atoms with Gasteiger partial charge in [-0.3, -0.25) is 8.78 Å². The molecule has 9 rings (SSSR count). The first kappa shape index (κ1) is 35.8. The van der Waals surface area contributed by atoms with Gasteiger partial charge in [0.05, 0.1) is 5.95 Å². The molecule has 3 aliphatic heterocycles. The van der Waals surface area contributed by atoms with Crippen molar-refractivity contribution in [3.63, 3.8) is 0 Å². The molecule has 3 aliphatic rings. The van der Waals surface area contributed by atoms with E-state index >= 15 is 0 Å². The fourth-order valence-corrected chi connectivity index (χ4v) is 6.44. The Morgan fingerprint density at radius 3 is 1.62 bits per heavy atom. The fraction of sp³-hybridized carbons (Fsp3) is 0.122. The SMILES string of the molecule is CN1[CH-]N(c2[c-]cc(F)nc2F)c2nccnc21.[Ir].[c-]1ccccc1N1[CH-]N(CCCCN2[CH-]N(c3[c-]cccc3)c3ccccc32)c2ccccc21. The summed E-state index contributed by atoms with van der Waals surface area (Å²) in [6.45, 7) is 7.96. The summed E-state index contributed by atoms with van der Waals surface area (Å²) in [4.78, 5) is 23.6. The van der Waals surface area contributed by atoms with E-state index in [4.69, 9.17) is 0 Å². The quantitative estimate of drug-likeness (QED) is 0.0851. The third kappa shape index (κ3) is 7.38. The molecule has 0 fully saturated rings. The first-order valence-electron chi connectivity index (χ1n) is 16.9. The normalized spacial score (nSPS) is 14.0. The average molecular weight is 882 g/mol. The van der Waals surface area contributed by atoms with Crippen molar-refractivity contribution in [1.82, 2.24) is 15.0 Å². The Balaban J connectivity index is 0.000000194. The van der Waals surface area contributed by atoms with Crippen LogP contribution in [-0.2, 0) is 20.1 Å². The molecule has 0 atom stereocenters. The van der Waals surface area contributed by atoms with Gasteiger partial charge in [0.15, 0.2) is 0 Å². The minimum absolute atomic E-state index is 0. The van der Waals surface area contributed by atoms with Crippen LogP contribution in [-0.4, -0.2) is 35.1 Å². The Morgan fingerprint density at radius 1 is 0.604 bits per heavy atom. The van der Waals surface area contributed by atoms with Crippen molar-refractivity contribution in [3.8, 4) is 0 Å². The summed E-state index contributed by atoms with van der Waals surface area (Å²) >= 11 is 0. The summed E-state index contributed by atoms with van der Waals surface area (Å²) in [5.74, 6) is -0.834. The van der Waals surface area contributed by atoms with Crippen LogP contribution in [0.2, 0.25) is 0 Å². The van der Waals surface area contributed by atoms with Gasteiger partial charge in [-0.15, -0.1) is 24.1 Å². The molecule has 4 aromatic carbocycles. The van der Waals surface area contributed by atoms with Gasteiger partial charge in [0.25, 0.3) is 0 Å². The Bertz CT molecular complexity index is 2040. The van der Waals surface area contributed by atoms with Gasteiger partial charge in [-0.05, 0) is 62.9 Å². The molecule has 0 saturated heterocycles. The van der Waals surface area contributed by atoms with Gasteiger partial charge >= 0.3 is 0 Å². The topological polar surface area (TPSA) is 58.1 Å². The molecule has 6 aromatic rings. The molecule has 0 N–H and O–H groups in total. The van der Waals surface area contributed by atoms with Gasteiger partial charge in [-0.1, -0.05) is 24.3 Å². The Labute approximate surface area is 322 Å². The minimum Gasteiger partial charge on any atom is -0.501 e. The van der Waals surface area contributed by atoms with E-state index in [0.29, 0.717) is 11.6 Å². The number of nitrogens with zero attached hydrogens (tertiary/aromatic N) is 9. The molecular formula is C41H33F2IrN9-6. The maximum Gasteiger partial charge on any atom is 0.144 e. The minimum atomic E-state index is -0.946. The molecule has 1 radical (unpaired) electrons. The van der Waals surface area contributed by atoms with Crippen molar-refractivity contribution in [2.45, 2.75) is 12.8 Å². The number of fused-ring (bicyclic) bond motifs is 3. The van der Waals surface area contributed by atoms with Crippen LogP contribution in [0.3, 0.4) is 0 Å². The third-order valence-electron chi connectivity index (χ3n) is 8.84. The maximum atomic E-state index is 13.6. The van der Waals surface area contributed by atoms with E-state index in [-0.39, 0.29) is 25.8 Å². The number of halogens is 2. The van der Waals surface area contributed by atoms with Crippen molar-refractivity contribution in [2.24, 2.45) is 0 Å².